The summed E-state index contributed by atoms with van der Waals surface area (Å²) < 4.78 is 25.9. The topological polar surface area (TPSA) is 130 Å². The molecule has 0 aliphatic carbocycles. The zero-order chi connectivity index (χ0) is 20.0. The van der Waals surface area contributed by atoms with Crippen LogP contribution in [0.15, 0.2) is 35.7 Å². The van der Waals surface area contributed by atoms with Crippen molar-refractivity contribution in [1.29, 1.82) is 0 Å². The summed E-state index contributed by atoms with van der Waals surface area (Å²) in [5, 5.41) is 7.16. The molecule has 2 aromatic rings. The van der Waals surface area contributed by atoms with Crippen LogP contribution >= 0.6 is 11.3 Å². The van der Waals surface area contributed by atoms with Gasteiger partial charge >= 0.3 is 6.03 Å². The van der Waals surface area contributed by atoms with E-state index in [9.17, 15) is 18.0 Å². The van der Waals surface area contributed by atoms with Gasteiger partial charge in [-0.1, -0.05) is 6.07 Å². The fourth-order valence-electron chi connectivity index (χ4n) is 2.38. The van der Waals surface area contributed by atoms with Gasteiger partial charge in [-0.15, -0.1) is 11.3 Å². The summed E-state index contributed by atoms with van der Waals surface area (Å²) in [6, 6.07) is 7.30. The first-order valence-electron chi connectivity index (χ1n) is 8.20. The molecule has 1 aromatic carbocycles. The molecule has 0 spiro atoms. The number of rotatable bonds is 8. The summed E-state index contributed by atoms with van der Waals surface area (Å²) in [7, 11) is -3.37. The van der Waals surface area contributed by atoms with E-state index in [1.807, 2.05) is 17.5 Å². The number of urea groups is 1. The maximum absolute atomic E-state index is 12.4. The smallest absolute Gasteiger partial charge is 0.312 e. The third kappa shape index (κ3) is 6.26. The van der Waals surface area contributed by atoms with Gasteiger partial charge in [-0.3, -0.25) is 9.52 Å². The average Bonchev–Trinajstić information content (AvgIpc) is 3.11. The zero-order valence-corrected chi connectivity index (χ0v) is 16.6. The van der Waals surface area contributed by atoms with E-state index in [1.54, 1.807) is 32.0 Å². The summed E-state index contributed by atoms with van der Waals surface area (Å²) in [6.45, 7) is 3.29. The highest BCUT2D eigenvalue weighted by atomic mass is 32.2. The van der Waals surface area contributed by atoms with E-state index in [4.69, 9.17) is 5.73 Å². The first-order valence-corrected chi connectivity index (χ1v) is 10.7. The molecular weight excluding hydrogens is 388 g/mol. The Morgan fingerprint density at radius 1 is 1.26 bits per heavy atom. The molecule has 2 rings (SSSR count). The second-order valence-electron chi connectivity index (χ2n) is 5.86. The molecule has 1 unspecified atom stereocenters. The van der Waals surface area contributed by atoms with Gasteiger partial charge in [0.1, 0.15) is 0 Å². The fourth-order valence-corrected chi connectivity index (χ4v) is 3.86. The molecule has 27 heavy (non-hydrogen) atoms. The first kappa shape index (κ1) is 20.7. The highest BCUT2D eigenvalue weighted by Gasteiger charge is 2.19. The Morgan fingerprint density at radius 2 is 2.00 bits per heavy atom. The van der Waals surface area contributed by atoms with Gasteiger partial charge in [0.2, 0.25) is 15.9 Å². The molecule has 8 nitrogen and oxygen atoms in total. The Balaban J connectivity index is 2.06. The summed E-state index contributed by atoms with van der Waals surface area (Å²) in [5.74, 6) is -0.328. The SMILES string of the molecule is CCS(=O)(=O)Nc1ccc(NC(=O)CC(NC(N)=O)c2cccs2)cc1C. The van der Waals surface area contributed by atoms with Crippen molar-refractivity contribution in [1.82, 2.24) is 5.32 Å². The lowest BCUT2D eigenvalue weighted by molar-refractivity contribution is -0.116. The molecule has 1 heterocycles. The molecule has 5 N–H and O–H groups in total. The van der Waals surface area contributed by atoms with Gasteiger partial charge in [0.15, 0.2) is 0 Å². The number of nitrogens with two attached hydrogens (primary N) is 1. The number of benzene rings is 1. The van der Waals surface area contributed by atoms with E-state index in [0.29, 0.717) is 16.9 Å². The predicted molar refractivity (Wildman–Crippen MR) is 107 cm³/mol. The normalized spacial score (nSPS) is 12.2. The quantitative estimate of drug-likeness (QED) is 0.533. The number of hydrogen-bond acceptors (Lipinski definition) is 5. The minimum absolute atomic E-state index is 0.0206. The zero-order valence-electron chi connectivity index (χ0n) is 15.0. The number of hydrogen-bond donors (Lipinski definition) is 4. The molecule has 0 saturated carbocycles. The summed E-state index contributed by atoms with van der Waals surface area (Å²) >= 11 is 1.42. The van der Waals surface area contributed by atoms with Gasteiger partial charge in [0.05, 0.1) is 23.9 Å². The third-order valence-corrected chi connectivity index (χ3v) is 6.03. The van der Waals surface area contributed by atoms with Crippen LogP contribution in [-0.2, 0) is 14.8 Å². The van der Waals surface area contributed by atoms with E-state index in [2.05, 4.69) is 15.4 Å². The molecular formula is C17H22N4O4S2. The number of primary amides is 1. The Hall–Kier alpha value is -2.59. The molecule has 0 aliphatic heterocycles. The maximum atomic E-state index is 12.4. The predicted octanol–water partition coefficient (Wildman–Crippen LogP) is 2.56. The molecule has 0 fully saturated rings. The van der Waals surface area contributed by atoms with Gasteiger partial charge < -0.3 is 16.4 Å². The highest BCUT2D eigenvalue weighted by Crippen LogP contribution is 2.24. The lowest BCUT2D eigenvalue weighted by atomic mass is 10.1. The number of carbonyl (C=O) groups is 2. The molecule has 3 amide bonds. The van der Waals surface area contributed by atoms with Gasteiger partial charge in [-0.25, -0.2) is 13.2 Å². The lowest BCUT2D eigenvalue weighted by Gasteiger charge is -2.16. The number of amides is 3. The number of carbonyl (C=O) groups excluding carboxylic acids is 2. The van der Waals surface area contributed by atoms with Crippen LogP contribution in [0.5, 0.6) is 0 Å². The second-order valence-corrected chi connectivity index (χ2v) is 8.85. The largest absolute Gasteiger partial charge is 0.352 e. The van der Waals surface area contributed by atoms with Crippen molar-refractivity contribution in [3.8, 4) is 0 Å². The summed E-state index contributed by atoms with van der Waals surface area (Å²) in [4.78, 5) is 24.4. The van der Waals surface area contributed by atoms with Crippen molar-refractivity contribution in [2.45, 2.75) is 26.3 Å². The second kappa shape index (κ2) is 8.87. The van der Waals surface area contributed by atoms with Crippen molar-refractivity contribution < 1.29 is 18.0 Å². The molecule has 1 atom stereocenters. The summed E-state index contributed by atoms with van der Waals surface area (Å²) in [5.41, 5.74) is 6.86. The third-order valence-electron chi connectivity index (χ3n) is 3.75. The van der Waals surface area contributed by atoms with Crippen LogP contribution in [0.1, 0.15) is 29.8 Å². The van der Waals surface area contributed by atoms with Crippen molar-refractivity contribution in [3.63, 3.8) is 0 Å². The molecule has 0 aliphatic rings. The minimum Gasteiger partial charge on any atom is -0.352 e. The molecule has 10 heteroatoms. The summed E-state index contributed by atoms with van der Waals surface area (Å²) in [6.07, 6.45) is 0.0206. The van der Waals surface area contributed by atoms with Crippen molar-refractivity contribution in [3.05, 3.63) is 46.2 Å². The average molecular weight is 411 g/mol. The van der Waals surface area contributed by atoms with Crippen LogP contribution in [0.2, 0.25) is 0 Å². The van der Waals surface area contributed by atoms with Crippen LogP contribution in [0.3, 0.4) is 0 Å². The standard InChI is InChI=1S/C17H22N4O4S2/c1-3-27(24,25)21-13-7-6-12(9-11(13)2)19-16(22)10-14(20-17(18)23)15-5-4-8-26-15/h4-9,14,21H,3,10H2,1-2H3,(H,19,22)(H3,18,20,23). The molecule has 0 radical (unpaired) electrons. The number of thiophene rings is 1. The van der Waals surface area contributed by atoms with E-state index >= 15 is 0 Å². The van der Waals surface area contributed by atoms with E-state index in [0.717, 1.165) is 4.88 Å². The highest BCUT2D eigenvalue weighted by molar-refractivity contribution is 7.92. The Kier molecular flexibility index (Phi) is 6.81. The Labute approximate surface area is 162 Å². The van der Waals surface area contributed by atoms with E-state index < -0.39 is 22.1 Å². The van der Waals surface area contributed by atoms with Crippen LogP contribution in [-0.4, -0.2) is 26.1 Å². The lowest BCUT2D eigenvalue weighted by Crippen LogP contribution is -2.34. The van der Waals surface area contributed by atoms with Crippen molar-refractivity contribution in [2.75, 3.05) is 15.8 Å². The Morgan fingerprint density at radius 3 is 2.56 bits per heavy atom. The van der Waals surface area contributed by atoms with E-state index in [1.165, 1.54) is 11.3 Å². The van der Waals surface area contributed by atoms with Gasteiger partial charge in [0, 0.05) is 10.6 Å². The maximum Gasteiger partial charge on any atom is 0.312 e. The fraction of sp³-hybridized carbons (Fsp3) is 0.294. The van der Waals surface area contributed by atoms with Crippen molar-refractivity contribution >= 4 is 44.7 Å². The minimum atomic E-state index is -3.37. The molecule has 0 bridgehead atoms. The number of nitrogens with one attached hydrogen (secondary N) is 3. The van der Waals surface area contributed by atoms with Gasteiger partial charge in [-0.05, 0) is 49.1 Å². The van der Waals surface area contributed by atoms with Gasteiger partial charge in [0.25, 0.3) is 0 Å². The van der Waals surface area contributed by atoms with Gasteiger partial charge in [-0.2, -0.15) is 0 Å². The molecule has 0 saturated heterocycles. The van der Waals surface area contributed by atoms with Crippen LogP contribution in [0.25, 0.3) is 0 Å². The molecule has 1 aromatic heterocycles. The van der Waals surface area contributed by atoms with Crippen LogP contribution in [0.4, 0.5) is 16.2 Å². The number of sulfonamides is 1. The Bertz CT molecular complexity index is 911. The van der Waals surface area contributed by atoms with Crippen molar-refractivity contribution in [2.24, 2.45) is 5.73 Å². The monoisotopic (exact) mass is 410 g/mol. The number of anilines is 2. The van der Waals surface area contributed by atoms with E-state index in [-0.39, 0.29) is 18.1 Å². The first-order chi connectivity index (χ1) is 12.7. The number of aryl methyl sites for hydroxylation is 1. The molecule has 146 valence electrons. The van der Waals surface area contributed by atoms with Crippen LogP contribution < -0.4 is 21.1 Å². The van der Waals surface area contributed by atoms with Crippen LogP contribution in [0, 0.1) is 6.92 Å².